The molecule has 0 radical (unpaired) electrons. The molecule has 1 aliphatic rings. The second kappa shape index (κ2) is 10.3. The molecule has 156 valence electrons. The lowest BCUT2D eigenvalue weighted by atomic mass is 9.96. The van der Waals surface area contributed by atoms with E-state index in [1.54, 1.807) is 31.2 Å². The fraction of sp³-hybridized carbons (Fsp3) is 0.391. The average molecular weight is 424 g/mol. The lowest BCUT2D eigenvalue weighted by Gasteiger charge is -2.17. The molecule has 2 aromatic rings. The van der Waals surface area contributed by atoms with Crippen LogP contribution in [0.3, 0.4) is 0 Å². The third-order valence-corrected chi connectivity index (χ3v) is 6.24. The fourth-order valence-corrected chi connectivity index (χ4v) is 4.37. The monoisotopic (exact) mass is 423 g/mol. The maximum Gasteiger partial charge on any atom is 0.339 e. The minimum absolute atomic E-state index is 0.270. The van der Waals surface area contributed by atoms with Crippen molar-refractivity contribution in [2.45, 2.75) is 55.7 Å². The second-order valence-electron chi connectivity index (χ2n) is 7.26. The fourth-order valence-electron chi connectivity index (χ4n) is 3.47. The van der Waals surface area contributed by atoms with Crippen LogP contribution < -0.4 is 5.32 Å². The molecule has 1 heterocycles. The maximum absolute atomic E-state index is 12.8. The van der Waals surface area contributed by atoms with Crippen LogP contribution >= 0.6 is 11.8 Å². The van der Waals surface area contributed by atoms with Crippen molar-refractivity contribution < 1.29 is 14.3 Å². The molecule has 1 aromatic carbocycles. The SMILES string of the molecule is COC(=O)c1ccccc1NC(=O)C(C)Sc1nc2c(cc1C#N)CCCCCC2. The number of nitrogens with one attached hydrogen (secondary N) is 1. The third kappa shape index (κ3) is 5.19. The number of nitrogens with zero attached hydrogens (tertiary/aromatic N) is 2. The van der Waals surface area contributed by atoms with Crippen molar-refractivity contribution in [2.75, 3.05) is 12.4 Å². The molecule has 0 spiro atoms. The van der Waals surface area contributed by atoms with Crippen molar-refractivity contribution >= 4 is 29.3 Å². The average Bonchev–Trinajstić information content (AvgIpc) is 2.74. The first-order chi connectivity index (χ1) is 14.5. The molecule has 0 bridgehead atoms. The highest BCUT2D eigenvalue weighted by atomic mass is 32.2. The number of benzene rings is 1. The van der Waals surface area contributed by atoms with Crippen molar-refractivity contribution in [2.24, 2.45) is 0 Å². The summed E-state index contributed by atoms with van der Waals surface area (Å²) >= 11 is 1.27. The van der Waals surface area contributed by atoms with E-state index in [1.165, 1.54) is 31.7 Å². The van der Waals surface area contributed by atoms with Crippen LogP contribution in [0.15, 0.2) is 35.4 Å². The van der Waals surface area contributed by atoms with E-state index >= 15 is 0 Å². The molecule has 30 heavy (non-hydrogen) atoms. The summed E-state index contributed by atoms with van der Waals surface area (Å²) in [4.78, 5) is 29.5. The van der Waals surface area contributed by atoms with Crippen LogP contribution in [0.5, 0.6) is 0 Å². The molecule has 7 heteroatoms. The van der Waals surface area contributed by atoms with E-state index in [-0.39, 0.29) is 5.91 Å². The Bertz CT molecular complexity index is 984. The number of fused-ring (bicyclic) bond motifs is 1. The summed E-state index contributed by atoms with van der Waals surface area (Å²) in [6.45, 7) is 1.76. The Hall–Kier alpha value is -2.85. The number of esters is 1. The summed E-state index contributed by atoms with van der Waals surface area (Å²) in [5.74, 6) is -0.782. The molecule has 0 fully saturated rings. The summed E-state index contributed by atoms with van der Waals surface area (Å²) in [5.41, 5.74) is 3.39. The Balaban J connectivity index is 1.78. The number of hydrogen-bond donors (Lipinski definition) is 1. The van der Waals surface area contributed by atoms with Gasteiger partial charge in [0.2, 0.25) is 5.91 Å². The second-order valence-corrected chi connectivity index (χ2v) is 8.59. The van der Waals surface area contributed by atoms with E-state index in [2.05, 4.69) is 11.4 Å². The zero-order chi connectivity index (χ0) is 21.5. The van der Waals surface area contributed by atoms with E-state index < -0.39 is 11.2 Å². The Morgan fingerprint density at radius 1 is 1.20 bits per heavy atom. The van der Waals surface area contributed by atoms with E-state index in [0.29, 0.717) is 21.8 Å². The number of methoxy groups -OCH3 is 1. The Morgan fingerprint density at radius 3 is 2.67 bits per heavy atom. The molecule has 0 saturated carbocycles. The summed E-state index contributed by atoms with van der Waals surface area (Å²) in [5, 5.41) is 12.5. The molecule has 1 atom stereocenters. The molecule has 1 aromatic heterocycles. The zero-order valence-electron chi connectivity index (χ0n) is 17.2. The Labute approximate surface area is 181 Å². The third-order valence-electron chi connectivity index (χ3n) is 5.13. The zero-order valence-corrected chi connectivity index (χ0v) is 18.1. The molecular formula is C23H25N3O3S. The van der Waals surface area contributed by atoms with Crippen LogP contribution in [-0.4, -0.2) is 29.2 Å². The van der Waals surface area contributed by atoms with Crippen LogP contribution in [0.4, 0.5) is 5.69 Å². The van der Waals surface area contributed by atoms with Crippen LogP contribution in [0.1, 0.15) is 59.8 Å². The normalized spacial score (nSPS) is 14.4. The minimum atomic E-state index is -0.513. The Kier molecular flexibility index (Phi) is 7.47. The van der Waals surface area contributed by atoms with Crippen LogP contribution in [0.2, 0.25) is 0 Å². The highest BCUT2D eigenvalue weighted by Gasteiger charge is 2.21. The molecule has 1 amide bonds. The van der Waals surface area contributed by atoms with Crippen molar-refractivity contribution in [1.29, 1.82) is 5.26 Å². The van der Waals surface area contributed by atoms with Gasteiger partial charge in [0.25, 0.3) is 0 Å². The Morgan fingerprint density at radius 2 is 1.93 bits per heavy atom. The number of para-hydroxylation sites is 1. The number of amides is 1. The highest BCUT2D eigenvalue weighted by molar-refractivity contribution is 8.00. The van der Waals surface area contributed by atoms with Crippen LogP contribution in [0.25, 0.3) is 0 Å². The van der Waals surface area contributed by atoms with Crippen molar-refractivity contribution in [3.8, 4) is 6.07 Å². The predicted molar refractivity (Wildman–Crippen MR) is 117 cm³/mol. The molecule has 3 rings (SSSR count). The maximum atomic E-state index is 12.8. The number of aryl methyl sites for hydroxylation is 2. The molecule has 1 aliphatic carbocycles. The van der Waals surface area contributed by atoms with Gasteiger partial charge in [-0.2, -0.15) is 5.26 Å². The minimum Gasteiger partial charge on any atom is -0.465 e. The van der Waals surface area contributed by atoms with Gasteiger partial charge in [-0.15, -0.1) is 0 Å². The smallest absolute Gasteiger partial charge is 0.339 e. The molecule has 6 nitrogen and oxygen atoms in total. The molecular weight excluding hydrogens is 398 g/mol. The number of rotatable bonds is 5. The standard InChI is InChI=1S/C23H25N3O3S/c1-15(21(27)25-20-12-8-7-10-18(20)23(28)29-2)30-22-17(14-24)13-16-9-5-3-4-6-11-19(16)26-22/h7-8,10,12-13,15H,3-6,9,11H2,1-2H3,(H,25,27). The molecule has 0 saturated heterocycles. The number of carbonyl (C=O) groups excluding carboxylic acids is 2. The lowest BCUT2D eigenvalue weighted by Crippen LogP contribution is -2.24. The van der Waals surface area contributed by atoms with Gasteiger partial charge < -0.3 is 10.1 Å². The van der Waals surface area contributed by atoms with E-state index in [1.807, 2.05) is 6.07 Å². The number of ether oxygens (including phenoxy) is 1. The number of aromatic nitrogens is 1. The topological polar surface area (TPSA) is 92.1 Å². The van der Waals surface area contributed by atoms with Gasteiger partial charge in [-0.3, -0.25) is 4.79 Å². The van der Waals surface area contributed by atoms with Gasteiger partial charge in [-0.25, -0.2) is 9.78 Å². The number of pyridine rings is 1. The molecule has 1 unspecified atom stereocenters. The molecule has 1 N–H and O–H groups in total. The van der Waals surface area contributed by atoms with Crippen molar-refractivity contribution in [3.63, 3.8) is 0 Å². The largest absolute Gasteiger partial charge is 0.465 e. The van der Waals surface area contributed by atoms with Gasteiger partial charge in [0.1, 0.15) is 11.1 Å². The van der Waals surface area contributed by atoms with Gasteiger partial charge in [-0.05, 0) is 56.4 Å². The first kappa shape index (κ1) is 21.8. The number of hydrogen-bond acceptors (Lipinski definition) is 6. The van der Waals surface area contributed by atoms with Gasteiger partial charge in [-0.1, -0.05) is 36.7 Å². The number of nitriles is 1. The van der Waals surface area contributed by atoms with Crippen molar-refractivity contribution in [3.05, 3.63) is 52.7 Å². The lowest BCUT2D eigenvalue weighted by molar-refractivity contribution is -0.115. The quantitative estimate of drug-likeness (QED) is 0.562. The first-order valence-corrected chi connectivity index (χ1v) is 11.0. The summed E-state index contributed by atoms with van der Waals surface area (Å²) in [7, 11) is 1.30. The number of carbonyl (C=O) groups is 2. The van der Waals surface area contributed by atoms with E-state index in [4.69, 9.17) is 9.72 Å². The summed E-state index contributed by atoms with van der Waals surface area (Å²) in [6.07, 6.45) is 6.47. The first-order valence-electron chi connectivity index (χ1n) is 10.1. The van der Waals surface area contributed by atoms with Gasteiger partial charge in [0.15, 0.2) is 0 Å². The van der Waals surface area contributed by atoms with Crippen molar-refractivity contribution in [1.82, 2.24) is 4.98 Å². The van der Waals surface area contributed by atoms with Gasteiger partial charge in [0, 0.05) is 5.69 Å². The number of anilines is 1. The highest BCUT2D eigenvalue weighted by Crippen LogP contribution is 2.30. The molecule has 0 aliphatic heterocycles. The number of thioether (sulfide) groups is 1. The van der Waals surface area contributed by atoms with E-state index in [9.17, 15) is 14.9 Å². The summed E-state index contributed by atoms with van der Waals surface area (Å²) in [6, 6.07) is 10.9. The van der Waals surface area contributed by atoms with Crippen LogP contribution in [0, 0.1) is 11.3 Å². The van der Waals surface area contributed by atoms with Gasteiger partial charge in [0.05, 0.1) is 29.2 Å². The van der Waals surface area contributed by atoms with Gasteiger partial charge >= 0.3 is 5.97 Å². The summed E-state index contributed by atoms with van der Waals surface area (Å²) < 4.78 is 4.78. The van der Waals surface area contributed by atoms with Crippen LogP contribution in [-0.2, 0) is 22.4 Å². The predicted octanol–water partition coefficient (Wildman–Crippen LogP) is 4.52. The van der Waals surface area contributed by atoms with E-state index in [0.717, 1.165) is 36.9 Å².